The third-order valence-corrected chi connectivity index (χ3v) is 6.35. The highest BCUT2D eigenvalue weighted by atomic mass is 32.2. The number of ether oxygens (including phenoxy) is 1. The summed E-state index contributed by atoms with van der Waals surface area (Å²) in [7, 11) is -3.01. The van der Waals surface area contributed by atoms with E-state index in [0.717, 1.165) is 49.8 Å². The van der Waals surface area contributed by atoms with Gasteiger partial charge in [-0.3, -0.25) is 0 Å². The van der Waals surface area contributed by atoms with Gasteiger partial charge >= 0.3 is 0 Å². The molecule has 2 rings (SSSR count). The molecule has 6 nitrogen and oxygen atoms in total. The van der Waals surface area contributed by atoms with Gasteiger partial charge in [-0.2, -0.15) is 0 Å². The predicted octanol–water partition coefficient (Wildman–Crippen LogP) is 3.27. The summed E-state index contributed by atoms with van der Waals surface area (Å²) in [6, 6.07) is 7.64. The van der Waals surface area contributed by atoms with Crippen molar-refractivity contribution in [2.24, 2.45) is 10.4 Å². The maximum Gasteiger partial charge on any atom is 0.191 e. The van der Waals surface area contributed by atoms with Gasteiger partial charge in [-0.05, 0) is 49.7 Å². The van der Waals surface area contributed by atoms with E-state index >= 15 is 0 Å². The number of guanidine groups is 1. The summed E-state index contributed by atoms with van der Waals surface area (Å²) in [6.07, 6.45) is 7.42. The Bertz CT molecular complexity index is 739. The first-order valence-corrected chi connectivity index (χ1v) is 12.8. The minimum atomic E-state index is -3.01. The second kappa shape index (κ2) is 11.6. The summed E-state index contributed by atoms with van der Waals surface area (Å²) in [5, 5.41) is 6.88. The van der Waals surface area contributed by atoms with Gasteiger partial charge in [-0.25, -0.2) is 13.4 Å². The highest BCUT2D eigenvalue weighted by Crippen LogP contribution is 2.40. The zero-order valence-corrected chi connectivity index (χ0v) is 19.0. The first-order valence-electron chi connectivity index (χ1n) is 10.7. The lowest BCUT2D eigenvalue weighted by atomic mass is 9.83. The van der Waals surface area contributed by atoms with Gasteiger partial charge < -0.3 is 15.4 Å². The van der Waals surface area contributed by atoms with Crippen molar-refractivity contribution >= 4 is 15.8 Å². The lowest BCUT2D eigenvalue weighted by molar-refractivity contribution is 0.105. The summed E-state index contributed by atoms with van der Waals surface area (Å²) in [5.74, 6) is 0.903. The molecule has 1 saturated carbocycles. The summed E-state index contributed by atoms with van der Waals surface area (Å²) in [5.41, 5.74) is 2.17. The number of benzene rings is 1. The van der Waals surface area contributed by atoms with Crippen molar-refractivity contribution in [1.29, 1.82) is 0 Å². The van der Waals surface area contributed by atoms with Crippen LogP contribution in [0, 0.1) is 5.41 Å². The van der Waals surface area contributed by atoms with Gasteiger partial charge in [0, 0.05) is 32.6 Å². The molecule has 7 heteroatoms. The van der Waals surface area contributed by atoms with Crippen molar-refractivity contribution in [3.05, 3.63) is 35.4 Å². The fourth-order valence-corrected chi connectivity index (χ4v) is 4.70. The van der Waals surface area contributed by atoms with E-state index in [1.807, 2.05) is 31.2 Å². The van der Waals surface area contributed by atoms with Crippen LogP contribution in [-0.4, -0.2) is 46.9 Å². The van der Waals surface area contributed by atoms with Crippen LogP contribution in [0.1, 0.15) is 57.1 Å². The van der Waals surface area contributed by atoms with Gasteiger partial charge in [0.25, 0.3) is 0 Å². The number of rotatable bonds is 11. The van der Waals surface area contributed by atoms with Gasteiger partial charge in [0.2, 0.25) is 0 Å². The number of nitrogens with zero attached hydrogens (tertiary/aromatic N) is 1. The molecule has 0 spiro atoms. The molecular formula is C22H37N3O3S. The summed E-state index contributed by atoms with van der Waals surface area (Å²) >= 11 is 0. The molecule has 1 aromatic carbocycles. The van der Waals surface area contributed by atoms with E-state index in [2.05, 4.69) is 17.6 Å². The molecule has 164 valence electrons. The third-order valence-electron chi connectivity index (χ3n) is 5.49. The maximum absolute atomic E-state index is 11.4. The highest BCUT2D eigenvalue weighted by Gasteiger charge is 2.33. The molecule has 1 fully saturated rings. The minimum absolute atomic E-state index is 0.0740. The molecule has 29 heavy (non-hydrogen) atoms. The molecule has 0 unspecified atom stereocenters. The van der Waals surface area contributed by atoms with Crippen molar-refractivity contribution in [2.45, 2.75) is 58.2 Å². The molecule has 0 saturated heterocycles. The lowest BCUT2D eigenvalue weighted by Crippen LogP contribution is -2.43. The molecule has 0 radical (unpaired) electrons. The highest BCUT2D eigenvalue weighted by molar-refractivity contribution is 7.89. The van der Waals surface area contributed by atoms with Gasteiger partial charge in [0.1, 0.15) is 0 Å². The first-order chi connectivity index (χ1) is 13.9. The Kier molecular flexibility index (Phi) is 9.43. The van der Waals surface area contributed by atoms with Crippen LogP contribution in [0.5, 0.6) is 0 Å². The van der Waals surface area contributed by atoms with Gasteiger partial charge in [-0.1, -0.05) is 37.1 Å². The van der Waals surface area contributed by atoms with E-state index in [9.17, 15) is 8.42 Å². The Labute approximate surface area is 176 Å². The Hall–Kier alpha value is -1.60. The normalized spacial score (nSPS) is 16.7. The summed E-state index contributed by atoms with van der Waals surface area (Å²) in [6.45, 7) is 7.99. The Balaban J connectivity index is 1.94. The number of sulfone groups is 1. The van der Waals surface area contributed by atoms with Gasteiger partial charge in [0.15, 0.2) is 15.8 Å². The van der Waals surface area contributed by atoms with Crippen LogP contribution in [-0.2, 0) is 26.9 Å². The molecule has 0 aromatic heterocycles. The molecule has 0 amide bonds. The molecule has 0 bridgehead atoms. The van der Waals surface area contributed by atoms with E-state index in [0.29, 0.717) is 12.0 Å². The van der Waals surface area contributed by atoms with Crippen LogP contribution in [0.25, 0.3) is 0 Å². The van der Waals surface area contributed by atoms with E-state index in [1.165, 1.54) is 31.9 Å². The van der Waals surface area contributed by atoms with Crippen LogP contribution < -0.4 is 10.6 Å². The fourth-order valence-electron chi connectivity index (χ4n) is 3.90. The second-order valence-corrected chi connectivity index (χ2v) is 10.2. The maximum atomic E-state index is 11.4. The number of hydrogen-bond donors (Lipinski definition) is 2. The number of hydrogen-bond acceptors (Lipinski definition) is 4. The van der Waals surface area contributed by atoms with Crippen LogP contribution in [0.2, 0.25) is 0 Å². The summed E-state index contributed by atoms with van der Waals surface area (Å²) < 4.78 is 28.4. The van der Waals surface area contributed by atoms with Crippen molar-refractivity contribution in [3.63, 3.8) is 0 Å². The predicted molar refractivity (Wildman–Crippen MR) is 120 cm³/mol. The van der Waals surface area contributed by atoms with Crippen molar-refractivity contribution < 1.29 is 13.2 Å². The largest absolute Gasteiger partial charge is 0.382 e. The van der Waals surface area contributed by atoms with E-state index in [-0.39, 0.29) is 5.75 Å². The van der Waals surface area contributed by atoms with Crippen LogP contribution >= 0.6 is 0 Å². The molecule has 2 N–H and O–H groups in total. The topological polar surface area (TPSA) is 79.8 Å². The molecule has 0 heterocycles. The smallest absolute Gasteiger partial charge is 0.191 e. The van der Waals surface area contributed by atoms with E-state index in [4.69, 9.17) is 9.73 Å². The van der Waals surface area contributed by atoms with Crippen molar-refractivity contribution in [2.75, 3.05) is 32.6 Å². The standard InChI is InChI=1S/C22H37N3O3S/c1-4-23-21(25-18-22(12-6-7-13-22)14-15-28-5-2)24-16-19-8-10-20(11-9-19)17-29(3,26)27/h8-11H,4-7,12-18H2,1-3H3,(H2,23,24,25). The quantitative estimate of drug-likeness (QED) is 0.324. The number of aliphatic imine (C=N–C) groups is 1. The molecule has 1 aliphatic rings. The SMILES string of the molecule is CCNC(=NCc1ccc(CS(C)(=O)=O)cc1)NCC1(CCOCC)CCCC1. The minimum Gasteiger partial charge on any atom is -0.382 e. The average molecular weight is 424 g/mol. The Morgan fingerprint density at radius 2 is 1.76 bits per heavy atom. The number of nitrogens with one attached hydrogen (secondary N) is 2. The Morgan fingerprint density at radius 3 is 2.34 bits per heavy atom. The molecular weight excluding hydrogens is 386 g/mol. The molecule has 1 aromatic rings. The van der Waals surface area contributed by atoms with Crippen LogP contribution in [0.4, 0.5) is 0 Å². The fraction of sp³-hybridized carbons (Fsp3) is 0.682. The third kappa shape index (κ3) is 8.74. The van der Waals surface area contributed by atoms with E-state index < -0.39 is 9.84 Å². The van der Waals surface area contributed by atoms with E-state index in [1.54, 1.807) is 0 Å². The van der Waals surface area contributed by atoms with Crippen LogP contribution in [0.15, 0.2) is 29.3 Å². The zero-order chi connectivity index (χ0) is 21.2. The van der Waals surface area contributed by atoms with Crippen molar-refractivity contribution in [3.8, 4) is 0 Å². The Morgan fingerprint density at radius 1 is 1.10 bits per heavy atom. The molecule has 0 atom stereocenters. The zero-order valence-electron chi connectivity index (χ0n) is 18.2. The van der Waals surface area contributed by atoms with Crippen molar-refractivity contribution in [1.82, 2.24) is 10.6 Å². The van der Waals surface area contributed by atoms with Gasteiger partial charge in [0.05, 0.1) is 12.3 Å². The second-order valence-electron chi connectivity index (χ2n) is 8.09. The molecule has 0 aliphatic heterocycles. The first kappa shape index (κ1) is 23.7. The lowest BCUT2D eigenvalue weighted by Gasteiger charge is -2.30. The monoisotopic (exact) mass is 423 g/mol. The van der Waals surface area contributed by atoms with Crippen LogP contribution in [0.3, 0.4) is 0 Å². The summed E-state index contributed by atoms with van der Waals surface area (Å²) in [4.78, 5) is 4.72. The molecule has 1 aliphatic carbocycles. The van der Waals surface area contributed by atoms with Gasteiger partial charge in [-0.15, -0.1) is 0 Å². The average Bonchev–Trinajstić information content (AvgIpc) is 3.13.